The molecule has 6 heteroatoms. The SMILES string of the molecule is CC(C)(CN1C(=O)/C(=C\c2ccc(Cl)cc2)Oc2ccccc21)C(=O)O. The molecular formula is C20H18ClNO4. The maximum absolute atomic E-state index is 13.0. The Kier molecular flexibility index (Phi) is 4.74. The van der Waals surface area contributed by atoms with E-state index in [9.17, 15) is 14.7 Å². The number of anilines is 1. The van der Waals surface area contributed by atoms with Gasteiger partial charge in [-0.2, -0.15) is 0 Å². The third-order valence-corrected chi connectivity index (χ3v) is 4.38. The van der Waals surface area contributed by atoms with Crippen LogP contribution in [0.4, 0.5) is 5.69 Å². The number of carboxylic acid groups (broad SMARTS) is 1. The number of fused-ring (bicyclic) bond motifs is 1. The molecule has 134 valence electrons. The Morgan fingerprint density at radius 1 is 1.19 bits per heavy atom. The minimum Gasteiger partial charge on any atom is -0.481 e. The van der Waals surface area contributed by atoms with E-state index in [2.05, 4.69) is 0 Å². The number of amides is 1. The fourth-order valence-electron chi connectivity index (χ4n) is 2.59. The van der Waals surface area contributed by atoms with E-state index in [-0.39, 0.29) is 18.2 Å². The predicted octanol–water partition coefficient (Wildman–Crippen LogP) is 4.22. The third-order valence-electron chi connectivity index (χ3n) is 4.13. The molecule has 0 aliphatic carbocycles. The van der Waals surface area contributed by atoms with Gasteiger partial charge in [-0.15, -0.1) is 0 Å². The van der Waals surface area contributed by atoms with Crippen LogP contribution in [-0.4, -0.2) is 23.5 Å². The molecule has 1 heterocycles. The van der Waals surface area contributed by atoms with Gasteiger partial charge in [0.1, 0.15) is 0 Å². The van der Waals surface area contributed by atoms with Crippen LogP contribution in [0.3, 0.4) is 0 Å². The van der Waals surface area contributed by atoms with E-state index in [1.54, 1.807) is 68.5 Å². The molecule has 26 heavy (non-hydrogen) atoms. The minimum atomic E-state index is -1.11. The molecule has 0 aromatic heterocycles. The molecule has 0 saturated carbocycles. The number of halogens is 1. The van der Waals surface area contributed by atoms with Gasteiger partial charge in [0.15, 0.2) is 11.5 Å². The lowest BCUT2D eigenvalue weighted by atomic mass is 9.92. The van der Waals surface area contributed by atoms with Gasteiger partial charge < -0.3 is 14.7 Å². The van der Waals surface area contributed by atoms with Crippen molar-refractivity contribution < 1.29 is 19.4 Å². The monoisotopic (exact) mass is 371 g/mol. The molecule has 0 atom stereocenters. The number of rotatable bonds is 4. The first-order chi connectivity index (χ1) is 12.3. The van der Waals surface area contributed by atoms with Crippen molar-refractivity contribution in [1.29, 1.82) is 0 Å². The predicted molar refractivity (Wildman–Crippen MR) is 100 cm³/mol. The van der Waals surface area contributed by atoms with Gasteiger partial charge in [0.2, 0.25) is 0 Å². The first-order valence-electron chi connectivity index (χ1n) is 8.07. The molecule has 2 aromatic rings. The molecular weight excluding hydrogens is 354 g/mol. The highest BCUT2D eigenvalue weighted by Crippen LogP contribution is 2.37. The maximum atomic E-state index is 13.0. The molecule has 2 aromatic carbocycles. The summed E-state index contributed by atoms with van der Waals surface area (Å²) in [7, 11) is 0. The molecule has 0 fully saturated rings. The van der Waals surface area contributed by atoms with Crippen molar-refractivity contribution in [3.63, 3.8) is 0 Å². The highest BCUT2D eigenvalue weighted by Gasteiger charge is 2.37. The van der Waals surface area contributed by atoms with Crippen LogP contribution >= 0.6 is 11.6 Å². The van der Waals surface area contributed by atoms with Gasteiger partial charge in [-0.25, -0.2) is 0 Å². The highest BCUT2D eigenvalue weighted by molar-refractivity contribution is 6.30. The largest absolute Gasteiger partial charge is 0.481 e. The van der Waals surface area contributed by atoms with Gasteiger partial charge in [-0.05, 0) is 49.8 Å². The van der Waals surface area contributed by atoms with E-state index < -0.39 is 11.4 Å². The van der Waals surface area contributed by atoms with Crippen molar-refractivity contribution in [2.45, 2.75) is 13.8 Å². The molecule has 0 unspecified atom stereocenters. The molecule has 0 spiro atoms. The standard InChI is InChI=1S/C20H18ClNO4/c1-20(2,19(24)25)12-22-15-5-3-4-6-16(15)26-17(18(22)23)11-13-7-9-14(21)10-8-13/h3-11H,12H2,1-2H3,(H,24,25)/b17-11+. The van der Waals surface area contributed by atoms with Crippen LogP contribution in [0.2, 0.25) is 5.02 Å². The van der Waals surface area contributed by atoms with Gasteiger partial charge in [0, 0.05) is 11.6 Å². The normalized spacial score (nSPS) is 15.6. The summed E-state index contributed by atoms with van der Waals surface area (Å²) in [4.78, 5) is 25.9. The number of hydrogen-bond acceptors (Lipinski definition) is 3. The topological polar surface area (TPSA) is 66.8 Å². The molecule has 1 aliphatic rings. The van der Waals surface area contributed by atoms with Crippen molar-refractivity contribution in [3.05, 3.63) is 64.9 Å². The second kappa shape index (κ2) is 6.84. The lowest BCUT2D eigenvalue weighted by Gasteiger charge is -2.34. The van der Waals surface area contributed by atoms with Crippen molar-refractivity contribution in [3.8, 4) is 5.75 Å². The summed E-state index contributed by atoms with van der Waals surface area (Å²) in [5, 5.41) is 10.0. The van der Waals surface area contributed by atoms with Crippen LogP contribution in [0.1, 0.15) is 19.4 Å². The average molecular weight is 372 g/mol. The zero-order valence-corrected chi connectivity index (χ0v) is 15.2. The van der Waals surface area contributed by atoms with Crippen molar-refractivity contribution in [2.24, 2.45) is 5.41 Å². The first-order valence-corrected chi connectivity index (χ1v) is 8.45. The van der Waals surface area contributed by atoms with Crippen LogP contribution in [0.25, 0.3) is 6.08 Å². The number of carbonyl (C=O) groups is 2. The van der Waals surface area contributed by atoms with Gasteiger partial charge in [0.25, 0.3) is 5.91 Å². The number of aliphatic carboxylic acids is 1. The molecule has 1 aliphatic heterocycles. The summed E-state index contributed by atoms with van der Waals surface area (Å²) >= 11 is 5.89. The van der Waals surface area contributed by atoms with Gasteiger partial charge in [-0.3, -0.25) is 9.59 Å². The van der Waals surface area contributed by atoms with Crippen LogP contribution in [0, 0.1) is 5.41 Å². The summed E-state index contributed by atoms with van der Waals surface area (Å²) in [6, 6.07) is 14.1. The Labute approximate surface area is 156 Å². The second-order valence-electron chi connectivity index (χ2n) is 6.71. The Morgan fingerprint density at radius 3 is 2.50 bits per heavy atom. The highest BCUT2D eigenvalue weighted by atomic mass is 35.5. The van der Waals surface area contributed by atoms with E-state index in [1.165, 1.54) is 4.90 Å². The fourth-order valence-corrected chi connectivity index (χ4v) is 2.72. The number of para-hydroxylation sites is 2. The number of hydrogen-bond donors (Lipinski definition) is 1. The smallest absolute Gasteiger partial charge is 0.310 e. The summed E-state index contributed by atoms with van der Waals surface area (Å²) in [6.45, 7) is 3.20. The molecule has 5 nitrogen and oxygen atoms in total. The summed E-state index contributed by atoms with van der Waals surface area (Å²) in [5.74, 6) is -0.716. The van der Waals surface area contributed by atoms with Crippen LogP contribution in [-0.2, 0) is 9.59 Å². The van der Waals surface area contributed by atoms with E-state index in [0.717, 1.165) is 5.56 Å². The molecule has 1 N–H and O–H groups in total. The van der Waals surface area contributed by atoms with Gasteiger partial charge in [-0.1, -0.05) is 35.9 Å². The average Bonchev–Trinajstić information content (AvgIpc) is 2.60. The van der Waals surface area contributed by atoms with Crippen LogP contribution in [0.15, 0.2) is 54.3 Å². The van der Waals surface area contributed by atoms with E-state index in [1.807, 2.05) is 0 Å². The Balaban J connectivity index is 2.02. The Bertz CT molecular complexity index is 887. The fraction of sp³-hybridized carbons (Fsp3) is 0.200. The van der Waals surface area contributed by atoms with E-state index in [4.69, 9.17) is 16.3 Å². The van der Waals surface area contributed by atoms with E-state index >= 15 is 0 Å². The maximum Gasteiger partial charge on any atom is 0.310 e. The van der Waals surface area contributed by atoms with E-state index in [0.29, 0.717) is 16.5 Å². The van der Waals surface area contributed by atoms with Crippen LogP contribution in [0.5, 0.6) is 5.75 Å². The first kappa shape index (κ1) is 18.0. The van der Waals surface area contributed by atoms with Crippen LogP contribution < -0.4 is 9.64 Å². The lowest BCUT2D eigenvalue weighted by molar-refractivity contribution is -0.146. The van der Waals surface area contributed by atoms with Crippen molar-refractivity contribution in [2.75, 3.05) is 11.4 Å². The lowest BCUT2D eigenvalue weighted by Crippen LogP contribution is -2.45. The Morgan fingerprint density at radius 2 is 1.85 bits per heavy atom. The number of nitrogens with zero attached hydrogens (tertiary/aromatic N) is 1. The summed E-state index contributed by atoms with van der Waals surface area (Å²) < 4.78 is 5.77. The molecule has 3 rings (SSSR count). The second-order valence-corrected chi connectivity index (χ2v) is 7.15. The molecule has 1 amide bonds. The minimum absolute atomic E-state index is 0.0273. The summed E-state index contributed by atoms with van der Waals surface area (Å²) in [5.41, 5.74) is 0.209. The van der Waals surface area contributed by atoms with Gasteiger partial charge in [0.05, 0.1) is 11.1 Å². The zero-order valence-electron chi connectivity index (χ0n) is 14.4. The molecule has 0 bridgehead atoms. The Hall–Kier alpha value is -2.79. The number of carboxylic acids is 1. The van der Waals surface area contributed by atoms with Gasteiger partial charge >= 0.3 is 5.97 Å². The summed E-state index contributed by atoms with van der Waals surface area (Å²) in [6.07, 6.45) is 1.62. The molecule has 0 radical (unpaired) electrons. The van der Waals surface area contributed by atoms with Crippen molar-refractivity contribution in [1.82, 2.24) is 0 Å². The zero-order chi connectivity index (χ0) is 18.9. The number of carbonyl (C=O) groups excluding carboxylic acids is 1. The quantitative estimate of drug-likeness (QED) is 0.817. The number of benzene rings is 2. The molecule has 0 saturated heterocycles. The van der Waals surface area contributed by atoms with Crippen molar-refractivity contribution >= 4 is 35.2 Å². The third kappa shape index (κ3) is 3.58. The number of ether oxygens (including phenoxy) is 1.